The van der Waals surface area contributed by atoms with Gasteiger partial charge in [0.25, 0.3) is 0 Å². The van der Waals surface area contributed by atoms with E-state index >= 15 is 0 Å². The zero-order valence-corrected chi connectivity index (χ0v) is 11.4. The summed E-state index contributed by atoms with van der Waals surface area (Å²) in [6.45, 7) is 3.03. The predicted molar refractivity (Wildman–Crippen MR) is 82.6 cm³/mol. The Balaban J connectivity index is 2.21. The Bertz CT molecular complexity index is 399. The summed E-state index contributed by atoms with van der Waals surface area (Å²) in [5, 5.41) is 7.64. The minimum absolute atomic E-state index is 0.563. The second-order valence-electron chi connectivity index (χ2n) is 3.77. The number of unbranched alkanes of at least 4 members (excludes halogenated alkanes) is 1. The molecule has 18 heavy (non-hydrogen) atoms. The van der Waals surface area contributed by atoms with Crippen LogP contribution in [-0.4, -0.2) is 17.9 Å². The van der Waals surface area contributed by atoms with Crippen molar-refractivity contribution < 1.29 is 0 Å². The highest BCUT2D eigenvalue weighted by molar-refractivity contribution is 7.80. The molecule has 0 aliphatic carbocycles. The van der Waals surface area contributed by atoms with Gasteiger partial charge in [-0.1, -0.05) is 49.8 Å². The molecule has 0 saturated heterocycles. The van der Waals surface area contributed by atoms with Crippen LogP contribution in [0.3, 0.4) is 0 Å². The molecule has 1 rings (SSSR count). The minimum Gasteiger partial charge on any atom is -0.361 e. The highest BCUT2D eigenvalue weighted by Gasteiger charge is 1.89. The van der Waals surface area contributed by atoms with Crippen LogP contribution in [0.2, 0.25) is 0 Å². The number of nitrogens with one attached hydrogen (secondary N) is 2. The number of thiocarbonyl (C=S) groups is 1. The van der Waals surface area contributed by atoms with Crippen molar-refractivity contribution in [1.82, 2.24) is 10.7 Å². The van der Waals surface area contributed by atoms with Crippen LogP contribution in [0.4, 0.5) is 0 Å². The second-order valence-corrected chi connectivity index (χ2v) is 4.18. The molecule has 0 heterocycles. The molecule has 0 spiro atoms. The third-order valence-electron chi connectivity index (χ3n) is 2.23. The van der Waals surface area contributed by atoms with Gasteiger partial charge in [0.1, 0.15) is 0 Å². The van der Waals surface area contributed by atoms with Crippen molar-refractivity contribution in [2.75, 3.05) is 6.54 Å². The van der Waals surface area contributed by atoms with Gasteiger partial charge in [0.15, 0.2) is 5.11 Å². The number of allylic oxidation sites excluding steroid dienone is 1. The van der Waals surface area contributed by atoms with Crippen LogP contribution in [0.5, 0.6) is 0 Å². The van der Waals surface area contributed by atoms with Gasteiger partial charge in [0.2, 0.25) is 0 Å². The SMILES string of the molecule is CCCCNC(=S)N/N=C/C=C/c1ccccc1. The molecular formula is C14H19N3S. The first-order valence-electron chi connectivity index (χ1n) is 6.11. The van der Waals surface area contributed by atoms with Crippen LogP contribution in [-0.2, 0) is 0 Å². The van der Waals surface area contributed by atoms with Crippen molar-refractivity contribution in [2.24, 2.45) is 5.10 Å². The van der Waals surface area contributed by atoms with Crippen molar-refractivity contribution in [3.05, 3.63) is 42.0 Å². The predicted octanol–water partition coefficient (Wildman–Crippen LogP) is 2.95. The molecule has 0 radical (unpaired) electrons. The van der Waals surface area contributed by atoms with Crippen molar-refractivity contribution in [3.8, 4) is 0 Å². The lowest BCUT2D eigenvalue weighted by atomic mass is 10.2. The molecule has 4 heteroatoms. The van der Waals surface area contributed by atoms with Crippen LogP contribution in [0.25, 0.3) is 6.08 Å². The fraction of sp³-hybridized carbons (Fsp3) is 0.286. The monoisotopic (exact) mass is 261 g/mol. The number of hydrogen-bond acceptors (Lipinski definition) is 2. The van der Waals surface area contributed by atoms with Gasteiger partial charge in [-0.15, -0.1) is 0 Å². The Kier molecular flexibility index (Phi) is 7.48. The first-order valence-corrected chi connectivity index (χ1v) is 6.52. The van der Waals surface area contributed by atoms with E-state index in [-0.39, 0.29) is 0 Å². The van der Waals surface area contributed by atoms with Crippen molar-refractivity contribution in [2.45, 2.75) is 19.8 Å². The Morgan fingerprint density at radius 1 is 1.33 bits per heavy atom. The molecule has 0 saturated carbocycles. The Morgan fingerprint density at radius 3 is 2.83 bits per heavy atom. The van der Waals surface area contributed by atoms with Crippen LogP contribution >= 0.6 is 12.2 Å². The maximum Gasteiger partial charge on any atom is 0.186 e. The smallest absolute Gasteiger partial charge is 0.186 e. The van der Waals surface area contributed by atoms with Gasteiger partial charge in [-0.05, 0) is 30.3 Å². The lowest BCUT2D eigenvalue weighted by Gasteiger charge is -2.04. The average molecular weight is 261 g/mol. The van der Waals surface area contributed by atoms with E-state index in [2.05, 4.69) is 22.8 Å². The summed E-state index contributed by atoms with van der Waals surface area (Å²) in [5.41, 5.74) is 3.91. The molecule has 1 aromatic rings. The molecule has 0 aliphatic heterocycles. The molecule has 0 aromatic heterocycles. The van der Waals surface area contributed by atoms with Crippen LogP contribution in [0.15, 0.2) is 41.5 Å². The maximum absolute atomic E-state index is 5.05. The zero-order valence-electron chi connectivity index (χ0n) is 10.6. The molecule has 0 fully saturated rings. The number of benzene rings is 1. The molecule has 0 amide bonds. The first kappa shape index (κ1) is 14.4. The van der Waals surface area contributed by atoms with E-state index < -0.39 is 0 Å². The number of hydrogen-bond donors (Lipinski definition) is 2. The van der Waals surface area contributed by atoms with E-state index in [0.29, 0.717) is 5.11 Å². The number of rotatable bonds is 6. The lowest BCUT2D eigenvalue weighted by Crippen LogP contribution is -2.32. The first-order chi connectivity index (χ1) is 8.83. The van der Waals surface area contributed by atoms with Crippen molar-refractivity contribution >= 4 is 29.6 Å². The largest absolute Gasteiger partial charge is 0.361 e. The minimum atomic E-state index is 0.563. The summed E-state index contributed by atoms with van der Waals surface area (Å²) in [6, 6.07) is 10.1. The van der Waals surface area contributed by atoms with E-state index in [1.54, 1.807) is 6.21 Å². The van der Waals surface area contributed by atoms with Gasteiger partial charge in [0, 0.05) is 12.8 Å². The van der Waals surface area contributed by atoms with Crippen LogP contribution in [0.1, 0.15) is 25.3 Å². The molecule has 0 bridgehead atoms. The summed E-state index contributed by atoms with van der Waals surface area (Å²) in [5.74, 6) is 0. The molecule has 0 unspecified atom stereocenters. The summed E-state index contributed by atoms with van der Waals surface area (Å²) in [4.78, 5) is 0. The molecule has 3 nitrogen and oxygen atoms in total. The molecule has 0 atom stereocenters. The molecule has 0 aliphatic rings. The van der Waals surface area contributed by atoms with Crippen molar-refractivity contribution in [1.29, 1.82) is 0 Å². The van der Waals surface area contributed by atoms with Crippen LogP contribution in [0, 0.1) is 0 Å². The molecular weight excluding hydrogens is 242 g/mol. The second kappa shape index (κ2) is 9.36. The van der Waals surface area contributed by atoms with Gasteiger partial charge in [0.05, 0.1) is 0 Å². The number of nitrogens with zero attached hydrogens (tertiary/aromatic N) is 1. The summed E-state index contributed by atoms with van der Waals surface area (Å²) in [6.07, 6.45) is 7.80. The van der Waals surface area contributed by atoms with Gasteiger partial charge in [-0.3, -0.25) is 5.43 Å². The van der Waals surface area contributed by atoms with Gasteiger partial charge >= 0.3 is 0 Å². The van der Waals surface area contributed by atoms with E-state index in [4.69, 9.17) is 12.2 Å². The highest BCUT2D eigenvalue weighted by Crippen LogP contribution is 1.99. The van der Waals surface area contributed by atoms with E-state index in [1.807, 2.05) is 42.5 Å². The average Bonchev–Trinajstić information content (AvgIpc) is 2.40. The lowest BCUT2D eigenvalue weighted by molar-refractivity contribution is 0.745. The standard InChI is InChI=1S/C14H19N3S/c1-2-3-11-15-14(18)17-16-12-7-10-13-8-5-4-6-9-13/h4-10,12H,2-3,11H2,1H3,(H2,15,17,18)/b10-7+,16-12+. The quantitative estimate of drug-likeness (QED) is 0.358. The number of hydrazone groups is 1. The van der Waals surface area contributed by atoms with E-state index in [9.17, 15) is 0 Å². The van der Waals surface area contributed by atoms with E-state index in [0.717, 1.165) is 24.9 Å². The Labute approximate surface area is 114 Å². The molecule has 2 N–H and O–H groups in total. The topological polar surface area (TPSA) is 36.4 Å². The molecule has 1 aromatic carbocycles. The van der Waals surface area contributed by atoms with Gasteiger partial charge < -0.3 is 5.32 Å². The Hall–Kier alpha value is -1.68. The van der Waals surface area contributed by atoms with Crippen molar-refractivity contribution in [3.63, 3.8) is 0 Å². The van der Waals surface area contributed by atoms with Gasteiger partial charge in [-0.2, -0.15) is 5.10 Å². The van der Waals surface area contributed by atoms with Gasteiger partial charge in [-0.25, -0.2) is 0 Å². The normalized spacial score (nSPS) is 10.9. The fourth-order valence-electron chi connectivity index (χ4n) is 1.28. The van der Waals surface area contributed by atoms with Crippen LogP contribution < -0.4 is 10.7 Å². The molecule has 96 valence electrons. The summed E-state index contributed by atoms with van der Waals surface area (Å²) >= 11 is 5.05. The third-order valence-corrected chi connectivity index (χ3v) is 2.47. The highest BCUT2D eigenvalue weighted by atomic mass is 32.1. The zero-order chi connectivity index (χ0) is 13.1. The third kappa shape index (κ3) is 6.81. The summed E-state index contributed by atoms with van der Waals surface area (Å²) < 4.78 is 0. The fourth-order valence-corrected chi connectivity index (χ4v) is 1.43. The Morgan fingerprint density at radius 2 is 2.11 bits per heavy atom. The summed E-state index contributed by atoms with van der Waals surface area (Å²) in [7, 11) is 0. The maximum atomic E-state index is 5.05. The van der Waals surface area contributed by atoms with E-state index in [1.165, 1.54) is 0 Å².